The lowest BCUT2D eigenvalue weighted by Crippen LogP contribution is -2.35. The average molecular weight is 554 g/mol. The highest BCUT2D eigenvalue weighted by Gasteiger charge is 2.29. The van der Waals surface area contributed by atoms with Crippen molar-refractivity contribution in [2.75, 3.05) is 10.6 Å². The number of hydrogen-bond acceptors (Lipinski definition) is 9. The van der Waals surface area contributed by atoms with Crippen LogP contribution in [0.5, 0.6) is 0 Å². The molecule has 0 radical (unpaired) electrons. The first-order valence-corrected chi connectivity index (χ1v) is 13.1. The van der Waals surface area contributed by atoms with Crippen LogP contribution in [-0.2, 0) is 6.54 Å². The molecule has 1 fully saturated rings. The Morgan fingerprint density at radius 3 is 2.62 bits per heavy atom. The SMILES string of the molecule is CC(C)(O)Cn1cc(-c2nccc(Nc3cc(NC4CCC(C)(O)CC4)c(-c4ccn(C(F)F)n4)cn3)n2)cn1. The van der Waals surface area contributed by atoms with Gasteiger partial charge in [0.05, 0.1) is 35.2 Å². The highest BCUT2D eigenvalue weighted by molar-refractivity contribution is 5.78. The molecule has 1 aliphatic carbocycles. The van der Waals surface area contributed by atoms with E-state index in [1.807, 2.05) is 6.92 Å². The second kappa shape index (κ2) is 10.9. The van der Waals surface area contributed by atoms with Gasteiger partial charge in [-0.3, -0.25) is 4.68 Å². The Labute approximate surface area is 230 Å². The number of hydrogen-bond donors (Lipinski definition) is 4. The first-order chi connectivity index (χ1) is 18.9. The number of rotatable bonds is 9. The van der Waals surface area contributed by atoms with Crippen LogP contribution in [0.1, 0.15) is 53.0 Å². The van der Waals surface area contributed by atoms with E-state index in [2.05, 4.69) is 35.8 Å². The zero-order valence-electron chi connectivity index (χ0n) is 22.6. The minimum Gasteiger partial charge on any atom is -0.390 e. The summed E-state index contributed by atoms with van der Waals surface area (Å²) in [4.78, 5) is 13.4. The third-order valence-electron chi connectivity index (χ3n) is 6.76. The fourth-order valence-electron chi connectivity index (χ4n) is 4.70. The van der Waals surface area contributed by atoms with Gasteiger partial charge in [-0.15, -0.1) is 0 Å². The van der Waals surface area contributed by atoms with Gasteiger partial charge in [0.1, 0.15) is 11.6 Å². The minimum atomic E-state index is -2.74. The highest BCUT2D eigenvalue weighted by atomic mass is 19.3. The van der Waals surface area contributed by atoms with Crippen LogP contribution in [0.4, 0.5) is 26.1 Å². The molecule has 40 heavy (non-hydrogen) atoms. The fraction of sp³-hybridized carbons (Fsp3) is 0.444. The van der Waals surface area contributed by atoms with Gasteiger partial charge in [-0.25, -0.2) is 19.6 Å². The quantitative estimate of drug-likeness (QED) is 0.234. The summed E-state index contributed by atoms with van der Waals surface area (Å²) in [6.45, 7) is 2.84. The molecule has 4 N–H and O–H groups in total. The number of anilines is 3. The lowest BCUT2D eigenvalue weighted by atomic mass is 9.83. The van der Waals surface area contributed by atoms with E-state index in [0.29, 0.717) is 64.0 Å². The topological polar surface area (TPSA) is 139 Å². The number of halogens is 2. The number of aliphatic hydroxyl groups is 2. The van der Waals surface area contributed by atoms with Gasteiger partial charge in [-0.05, 0) is 58.6 Å². The Bertz CT molecular complexity index is 1450. The van der Waals surface area contributed by atoms with Crippen LogP contribution in [0.2, 0.25) is 0 Å². The summed E-state index contributed by atoms with van der Waals surface area (Å²) in [6.07, 6.45) is 10.7. The molecule has 4 aromatic heterocycles. The van der Waals surface area contributed by atoms with Crippen LogP contribution in [0.15, 0.2) is 49.2 Å². The highest BCUT2D eigenvalue weighted by Crippen LogP contribution is 2.34. The minimum absolute atomic E-state index is 0.0949. The maximum absolute atomic E-state index is 13.2. The first-order valence-electron chi connectivity index (χ1n) is 13.1. The average Bonchev–Trinajstić information content (AvgIpc) is 3.55. The maximum Gasteiger partial charge on any atom is 0.333 e. The van der Waals surface area contributed by atoms with Crippen molar-refractivity contribution in [3.63, 3.8) is 0 Å². The summed E-state index contributed by atoms with van der Waals surface area (Å²) in [7, 11) is 0. The second-order valence-corrected chi connectivity index (χ2v) is 11.1. The third kappa shape index (κ3) is 6.77. The van der Waals surface area contributed by atoms with Crippen LogP contribution in [-0.4, -0.2) is 62.0 Å². The van der Waals surface area contributed by atoms with Crippen molar-refractivity contribution in [3.05, 3.63) is 49.2 Å². The van der Waals surface area contributed by atoms with Gasteiger partial charge in [-0.2, -0.15) is 19.0 Å². The van der Waals surface area contributed by atoms with Crippen molar-refractivity contribution < 1.29 is 19.0 Å². The molecule has 0 unspecified atom stereocenters. The fourth-order valence-corrected chi connectivity index (χ4v) is 4.70. The third-order valence-corrected chi connectivity index (χ3v) is 6.76. The Hall–Kier alpha value is -3.97. The molecule has 1 aliphatic rings. The summed E-state index contributed by atoms with van der Waals surface area (Å²) >= 11 is 0. The molecule has 212 valence electrons. The Morgan fingerprint density at radius 2 is 1.93 bits per heavy atom. The van der Waals surface area contributed by atoms with E-state index in [-0.39, 0.29) is 6.04 Å². The molecule has 4 aromatic rings. The number of alkyl halides is 2. The van der Waals surface area contributed by atoms with Crippen molar-refractivity contribution in [2.24, 2.45) is 0 Å². The summed E-state index contributed by atoms with van der Waals surface area (Å²) < 4.78 is 28.6. The molecule has 0 aliphatic heterocycles. The van der Waals surface area contributed by atoms with Crippen LogP contribution >= 0.6 is 0 Å². The molecule has 0 spiro atoms. The largest absolute Gasteiger partial charge is 0.390 e. The Morgan fingerprint density at radius 1 is 1.15 bits per heavy atom. The van der Waals surface area contributed by atoms with Gasteiger partial charge in [0.15, 0.2) is 5.82 Å². The van der Waals surface area contributed by atoms with Crippen molar-refractivity contribution in [1.82, 2.24) is 34.5 Å². The van der Waals surface area contributed by atoms with Crippen LogP contribution in [0, 0.1) is 0 Å². The molecule has 0 amide bonds. The van der Waals surface area contributed by atoms with Crippen molar-refractivity contribution in [2.45, 2.75) is 76.8 Å². The lowest BCUT2D eigenvalue weighted by Gasteiger charge is -2.34. The zero-order valence-corrected chi connectivity index (χ0v) is 22.6. The van der Waals surface area contributed by atoms with Crippen molar-refractivity contribution in [1.29, 1.82) is 0 Å². The molecule has 1 saturated carbocycles. The predicted molar refractivity (Wildman–Crippen MR) is 146 cm³/mol. The van der Waals surface area contributed by atoms with Crippen molar-refractivity contribution >= 4 is 17.3 Å². The van der Waals surface area contributed by atoms with Gasteiger partial charge < -0.3 is 20.8 Å². The summed E-state index contributed by atoms with van der Waals surface area (Å²) in [5, 5.41) is 35.4. The Kier molecular flexibility index (Phi) is 7.51. The predicted octanol–water partition coefficient (Wildman–Crippen LogP) is 4.61. The molecule has 0 bridgehead atoms. The van der Waals surface area contributed by atoms with Crippen LogP contribution < -0.4 is 10.6 Å². The maximum atomic E-state index is 13.2. The normalized spacial score (nSPS) is 19.6. The Balaban J connectivity index is 1.39. The molecule has 4 heterocycles. The second-order valence-electron chi connectivity index (χ2n) is 11.1. The molecule has 0 saturated heterocycles. The van der Waals surface area contributed by atoms with E-state index in [1.54, 1.807) is 55.4 Å². The number of nitrogens with zero attached hydrogens (tertiary/aromatic N) is 7. The van der Waals surface area contributed by atoms with Crippen molar-refractivity contribution in [3.8, 4) is 22.6 Å². The molecule has 11 nitrogen and oxygen atoms in total. The van der Waals surface area contributed by atoms with E-state index in [9.17, 15) is 19.0 Å². The lowest BCUT2D eigenvalue weighted by molar-refractivity contribution is 0.0196. The monoisotopic (exact) mass is 553 g/mol. The molecule has 5 rings (SSSR count). The van der Waals surface area contributed by atoms with E-state index < -0.39 is 17.8 Å². The number of pyridine rings is 1. The standard InChI is InChI=1S/C27H33F2N9O2/c1-26(2,39)16-37-15-17(13-32-37)24-30-10-6-22(35-24)34-23-12-21(33-18-4-8-27(3,40)9-5-18)19(14-31-23)20-7-11-38(36-20)25(28)29/h6-7,10-15,18,25,39-40H,4-5,8-9,16H2,1-3H3,(H2,30,31,33,34,35). The van der Waals surface area contributed by atoms with E-state index >= 15 is 0 Å². The van der Waals surface area contributed by atoms with Gasteiger partial charge in [0.2, 0.25) is 0 Å². The van der Waals surface area contributed by atoms with Gasteiger partial charge in [0.25, 0.3) is 0 Å². The summed E-state index contributed by atoms with van der Waals surface area (Å²) in [5.74, 6) is 1.45. The summed E-state index contributed by atoms with van der Waals surface area (Å²) in [5.41, 5.74) is 0.746. The summed E-state index contributed by atoms with van der Waals surface area (Å²) in [6, 6.07) is 5.13. The number of aromatic nitrogens is 7. The molecular formula is C27H33F2N9O2. The van der Waals surface area contributed by atoms with E-state index in [0.717, 1.165) is 12.8 Å². The number of nitrogens with one attached hydrogen (secondary N) is 2. The molecule has 13 heteroatoms. The van der Waals surface area contributed by atoms with Gasteiger partial charge in [0, 0.05) is 48.1 Å². The molecule has 0 atom stereocenters. The van der Waals surface area contributed by atoms with Crippen LogP contribution in [0.3, 0.4) is 0 Å². The van der Waals surface area contributed by atoms with E-state index in [1.165, 1.54) is 12.3 Å². The first kappa shape index (κ1) is 27.6. The van der Waals surface area contributed by atoms with Gasteiger partial charge in [-0.1, -0.05) is 0 Å². The zero-order chi connectivity index (χ0) is 28.5. The van der Waals surface area contributed by atoms with E-state index in [4.69, 9.17) is 0 Å². The smallest absolute Gasteiger partial charge is 0.333 e. The molecule has 0 aromatic carbocycles. The molecular weight excluding hydrogens is 520 g/mol. The van der Waals surface area contributed by atoms with Gasteiger partial charge >= 0.3 is 6.55 Å². The van der Waals surface area contributed by atoms with Crippen LogP contribution in [0.25, 0.3) is 22.6 Å².